The molecular weight excluding hydrogens is 248 g/mol. The zero-order valence-electron chi connectivity index (χ0n) is 10.6. The van der Waals surface area contributed by atoms with Crippen LogP contribution in [0, 0.1) is 0 Å². The van der Waals surface area contributed by atoms with Crippen molar-refractivity contribution in [3.63, 3.8) is 0 Å². The summed E-state index contributed by atoms with van der Waals surface area (Å²) in [6.45, 7) is 2.11. The number of nitrogens with one attached hydrogen (secondary N) is 1. The van der Waals surface area contributed by atoms with Crippen LogP contribution < -0.4 is 11.1 Å². The summed E-state index contributed by atoms with van der Waals surface area (Å²) in [5.74, 6) is 0.820. The van der Waals surface area contributed by atoms with Crippen molar-refractivity contribution in [2.75, 3.05) is 11.1 Å². The van der Waals surface area contributed by atoms with Gasteiger partial charge in [0.15, 0.2) is 5.82 Å². The second-order valence-electron chi connectivity index (χ2n) is 4.21. The molecule has 0 saturated carbocycles. The molecule has 0 radical (unpaired) electrons. The lowest BCUT2D eigenvalue weighted by atomic mass is 10.2. The Bertz CT molecular complexity index is 531. The van der Waals surface area contributed by atoms with Gasteiger partial charge in [-0.15, -0.1) is 0 Å². The zero-order chi connectivity index (χ0) is 13.1. The average Bonchev–Trinajstić information content (AvgIpc) is 2.60. The molecule has 0 amide bonds. The maximum Gasteiger partial charge on any atom is 0.152 e. The second kappa shape index (κ2) is 5.31. The molecule has 4 nitrogen and oxygen atoms in total. The van der Waals surface area contributed by atoms with E-state index in [0.29, 0.717) is 10.7 Å². The quantitative estimate of drug-likeness (QED) is 0.890. The first-order valence-corrected chi connectivity index (χ1v) is 6.33. The van der Waals surface area contributed by atoms with E-state index in [-0.39, 0.29) is 0 Å². The maximum absolute atomic E-state index is 6.10. The number of nitrogens with two attached hydrogens (primary N) is 1. The average molecular weight is 265 g/mol. The summed E-state index contributed by atoms with van der Waals surface area (Å²) in [4.78, 5) is 0. The molecule has 96 valence electrons. The minimum Gasteiger partial charge on any atom is -0.394 e. The fourth-order valence-corrected chi connectivity index (χ4v) is 1.96. The molecular formula is C13H17ClN4. The smallest absolute Gasteiger partial charge is 0.152 e. The highest BCUT2D eigenvalue weighted by Gasteiger charge is 2.12. The van der Waals surface area contributed by atoms with Gasteiger partial charge in [0.25, 0.3) is 0 Å². The van der Waals surface area contributed by atoms with Gasteiger partial charge in [0.1, 0.15) is 0 Å². The number of aromatic nitrogens is 2. The summed E-state index contributed by atoms with van der Waals surface area (Å²) < 4.78 is 1.77. The van der Waals surface area contributed by atoms with E-state index in [2.05, 4.69) is 17.3 Å². The Morgan fingerprint density at radius 2 is 2.00 bits per heavy atom. The molecule has 0 aliphatic rings. The van der Waals surface area contributed by atoms with E-state index < -0.39 is 0 Å². The summed E-state index contributed by atoms with van der Waals surface area (Å²) in [6.07, 6.45) is 1.92. The number of nitrogen functional groups attached to an aromatic ring is 1. The van der Waals surface area contributed by atoms with Crippen LogP contribution in [0.4, 0.5) is 17.2 Å². The lowest BCUT2D eigenvalue weighted by molar-refractivity contribution is 0.740. The van der Waals surface area contributed by atoms with Crippen LogP contribution in [0.15, 0.2) is 24.3 Å². The van der Waals surface area contributed by atoms with E-state index >= 15 is 0 Å². The fourth-order valence-electron chi connectivity index (χ4n) is 1.84. The third-order valence-electron chi connectivity index (χ3n) is 2.75. The van der Waals surface area contributed by atoms with E-state index in [4.69, 9.17) is 17.3 Å². The van der Waals surface area contributed by atoms with E-state index in [0.717, 1.165) is 30.0 Å². The maximum atomic E-state index is 6.10. The van der Waals surface area contributed by atoms with Gasteiger partial charge in [0.05, 0.1) is 11.4 Å². The largest absolute Gasteiger partial charge is 0.394 e. The Morgan fingerprint density at radius 3 is 2.61 bits per heavy atom. The van der Waals surface area contributed by atoms with Crippen LogP contribution in [0.25, 0.3) is 0 Å². The molecule has 1 aromatic carbocycles. The van der Waals surface area contributed by atoms with Gasteiger partial charge in [-0.3, -0.25) is 4.68 Å². The molecule has 0 saturated heterocycles. The number of hydrogen-bond acceptors (Lipinski definition) is 3. The monoisotopic (exact) mass is 264 g/mol. The van der Waals surface area contributed by atoms with Crippen LogP contribution in [0.1, 0.15) is 19.0 Å². The Balaban J connectivity index is 2.26. The molecule has 0 unspecified atom stereocenters. The number of anilines is 3. The Hall–Kier alpha value is -1.68. The lowest BCUT2D eigenvalue weighted by Gasteiger charge is -2.07. The van der Waals surface area contributed by atoms with Gasteiger partial charge in [-0.25, -0.2) is 0 Å². The number of benzene rings is 1. The molecule has 18 heavy (non-hydrogen) atoms. The zero-order valence-corrected chi connectivity index (χ0v) is 11.3. The standard InChI is InChI=1S/C13H17ClN4/c1-3-4-11-12(15)13(18(2)17-11)16-10-7-5-9(14)6-8-10/h5-8,16H,3-4,15H2,1-2H3. The van der Waals surface area contributed by atoms with Gasteiger partial charge in [-0.1, -0.05) is 24.9 Å². The van der Waals surface area contributed by atoms with Gasteiger partial charge < -0.3 is 11.1 Å². The van der Waals surface area contributed by atoms with Crippen molar-refractivity contribution in [3.05, 3.63) is 35.0 Å². The highest BCUT2D eigenvalue weighted by Crippen LogP contribution is 2.27. The summed E-state index contributed by atoms with van der Waals surface area (Å²) >= 11 is 5.85. The topological polar surface area (TPSA) is 55.9 Å². The first-order valence-electron chi connectivity index (χ1n) is 5.95. The molecule has 3 N–H and O–H groups in total. The number of hydrogen-bond donors (Lipinski definition) is 2. The third-order valence-corrected chi connectivity index (χ3v) is 3.01. The third kappa shape index (κ3) is 2.59. The number of aryl methyl sites for hydroxylation is 2. The van der Waals surface area contributed by atoms with Gasteiger partial charge in [0.2, 0.25) is 0 Å². The molecule has 0 bridgehead atoms. The minimum atomic E-state index is 0.713. The molecule has 2 aromatic rings. The van der Waals surface area contributed by atoms with E-state index in [1.807, 2.05) is 31.3 Å². The number of nitrogens with zero attached hydrogens (tertiary/aromatic N) is 2. The lowest BCUT2D eigenvalue weighted by Crippen LogP contribution is -2.01. The normalized spacial score (nSPS) is 10.6. The molecule has 0 aliphatic heterocycles. The van der Waals surface area contributed by atoms with Crippen LogP contribution in [-0.4, -0.2) is 9.78 Å². The van der Waals surface area contributed by atoms with Crippen LogP contribution in [0.3, 0.4) is 0 Å². The predicted octanol–water partition coefficient (Wildman–Crippen LogP) is 3.35. The Morgan fingerprint density at radius 1 is 1.33 bits per heavy atom. The van der Waals surface area contributed by atoms with Gasteiger partial charge in [-0.05, 0) is 30.7 Å². The van der Waals surface area contributed by atoms with Crippen molar-refractivity contribution in [1.29, 1.82) is 0 Å². The van der Waals surface area contributed by atoms with Gasteiger partial charge in [-0.2, -0.15) is 5.10 Å². The molecule has 1 aromatic heterocycles. The first-order chi connectivity index (χ1) is 8.61. The highest BCUT2D eigenvalue weighted by atomic mass is 35.5. The van der Waals surface area contributed by atoms with Crippen LogP contribution in [0.2, 0.25) is 5.02 Å². The molecule has 1 heterocycles. The minimum absolute atomic E-state index is 0.713. The van der Waals surface area contributed by atoms with E-state index in [9.17, 15) is 0 Å². The molecule has 2 rings (SSSR count). The molecule has 0 spiro atoms. The SMILES string of the molecule is CCCc1nn(C)c(Nc2ccc(Cl)cc2)c1N. The first kappa shape index (κ1) is 12.8. The van der Waals surface area contributed by atoms with Crippen molar-refractivity contribution < 1.29 is 0 Å². The van der Waals surface area contributed by atoms with Crippen molar-refractivity contribution in [3.8, 4) is 0 Å². The number of rotatable bonds is 4. The van der Waals surface area contributed by atoms with Crippen LogP contribution in [-0.2, 0) is 13.5 Å². The Kier molecular flexibility index (Phi) is 3.77. The summed E-state index contributed by atoms with van der Waals surface area (Å²) in [6, 6.07) is 7.50. The molecule has 5 heteroatoms. The molecule has 0 atom stereocenters. The molecule has 0 fully saturated rings. The Labute approximate surface area is 112 Å². The van der Waals surface area contributed by atoms with E-state index in [1.165, 1.54) is 0 Å². The van der Waals surface area contributed by atoms with Gasteiger partial charge in [0, 0.05) is 17.8 Å². The number of halogens is 1. The van der Waals surface area contributed by atoms with E-state index in [1.54, 1.807) is 4.68 Å². The summed E-state index contributed by atoms with van der Waals surface area (Å²) in [5.41, 5.74) is 8.70. The summed E-state index contributed by atoms with van der Waals surface area (Å²) in [7, 11) is 1.88. The summed E-state index contributed by atoms with van der Waals surface area (Å²) in [5, 5.41) is 8.39. The fraction of sp³-hybridized carbons (Fsp3) is 0.308. The van der Waals surface area contributed by atoms with Crippen molar-refractivity contribution in [2.45, 2.75) is 19.8 Å². The van der Waals surface area contributed by atoms with Crippen molar-refractivity contribution in [1.82, 2.24) is 9.78 Å². The van der Waals surface area contributed by atoms with Crippen LogP contribution >= 0.6 is 11.6 Å². The van der Waals surface area contributed by atoms with Crippen molar-refractivity contribution >= 4 is 28.8 Å². The second-order valence-corrected chi connectivity index (χ2v) is 4.65. The predicted molar refractivity (Wildman–Crippen MR) is 76.4 cm³/mol. The van der Waals surface area contributed by atoms with Crippen LogP contribution in [0.5, 0.6) is 0 Å². The highest BCUT2D eigenvalue weighted by molar-refractivity contribution is 6.30. The molecule has 0 aliphatic carbocycles. The van der Waals surface area contributed by atoms with Gasteiger partial charge >= 0.3 is 0 Å². The van der Waals surface area contributed by atoms with Crippen molar-refractivity contribution in [2.24, 2.45) is 7.05 Å².